The number of aromatic hydroxyl groups is 1. The first kappa shape index (κ1) is 17.3. The average molecular weight is 369 g/mol. The lowest BCUT2D eigenvalue weighted by Gasteiger charge is -2.46. The zero-order chi connectivity index (χ0) is 19.7. The SMILES string of the molecule is CC12C(=O)C(C(N)=O)=C(O)CC1CC1Cc3cccc(O)c3C(=O)C1=C2O. The molecule has 0 aliphatic heterocycles. The molecule has 3 aliphatic rings. The Kier molecular flexibility index (Phi) is 3.50. The monoisotopic (exact) mass is 369 g/mol. The summed E-state index contributed by atoms with van der Waals surface area (Å²) in [6.07, 6.45) is 0.844. The topological polar surface area (TPSA) is 138 Å². The molecule has 0 saturated heterocycles. The second-order valence-corrected chi connectivity index (χ2v) is 7.66. The van der Waals surface area contributed by atoms with Gasteiger partial charge in [-0.2, -0.15) is 0 Å². The summed E-state index contributed by atoms with van der Waals surface area (Å²) in [7, 11) is 0. The van der Waals surface area contributed by atoms with Gasteiger partial charge in [0.05, 0.1) is 11.0 Å². The van der Waals surface area contributed by atoms with Gasteiger partial charge < -0.3 is 21.1 Å². The Morgan fingerprint density at radius 3 is 2.56 bits per heavy atom. The number of ketones is 2. The number of rotatable bonds is 1. The van der Waals surface area contributed by atoms with E-state index in [0.717, 1.165) is 0 Å². The average Bonchev–Trinajstić information content (AvgIpc) is 2.57. The van der Waals surface area contributed by atoms with Gasteiger partial charge >= 0.3 is 0 Å². The highest BCUT2D eigenvalue weighted by molar-refractivity contribution is 6.23. The van der Waals surface area contributed by atoms with E-state index in [1.807, 2.05) is 0 Å². The minimum atomic E-state index is -1.51. The maximum atomic E-state index is 13.0. The van der Waals surface area contributed by atoms with Crippen LogP contribution in [0.15, 0.2) is 40.9 Å². The van der Waals surface area contributed by atoms with Gasteiger partial charge in [-0.25, -0.2) is 0 Å². The molecule has 5 N–H and O–H groups in total. The van der Waals surface area contributed by atoms with Gasteiger partial charge in [-0.05, 0) is 43.2 Å². The van der Waals surface area contributed by atoms with Crippen LogP contribution in [0.5, 0.6) is 5.75 Å². The zero-order valence-electron chi connectivity index (χ0n) is 14.7. The number of allylic oxidation sites excluding steroid dienone is 3. The summed E-state index contributed by atoms with van der Waals surface area (Å²) >= 11 is 0. The van der Waals surface area contributed by atoms with Crippen LogP contribution in [0.3, 0.4) is 0 Å². The van der Waals surface area contributed by atoms with Gasteiger partial charge in [-0.1, -0.05) is 12.1 Å². The molecule has 0 bridgehead atoms. The molecule has 1 aromatic rings. The quantitative estimate of drug-likeness (QED) is 0.557. The van der Waals surface area contributed by atoms with Crippen LogP contribution < -0.4 is 5.73 Å². The van der Waals surface area contributed by atoms with Crippen molar-refractivity contribution >= 4 is 17.5 Å². The molecule has 3 unspecified atom stereocenters. The van der Waals surface area contributed by atoms with E-state index < -0.39 is 34.4 Å². The van der Waals surface area contributed by atoms with Crippen LogP contribution in [0.4, 0.5) is 0 Å². The van der Waals surface area contributed by atoms with E-state index >= 15 is 0 Å². The van der Waals surface area contributed by atoms with E-state index in [9.17, 15) is 29.7 Å². The number of benzene rings is 1. The maximum absolute atomic E-state index is 13.0. The molecule has 1 aromatic carbocycles. The number of aliphatic hydroxyl groups is 2. The summed E-state index contributed by atoms with van der Waals surface area (Å²) in [5.74, 6) is -4.07. The van der Waals surface area contributed by atoms with Crippen molar-refractivity contribution in [3.63, 3.8) is 0 Å². The van der Waals surface area contributed by atoms with Crippen molar-refractivity contribution < 1.29 is 29.7 Å². The van der Waals surface area contributed by atoms with Gasteiger partial charge in [0, 0.05) is 12.0 Å². The van der Waals surface area contributed by atoms with E-state index in [0.29, 0.717) is 18.4 Å². The number of aliphatic hydroxyl groups excluding tert-OH is 2. The fourth-order valence-electron chi connectivity index (χ4n) is 4.82. The lowest BCUT2D eigenvalue weighted by atomic mass is 9.55. The third-order valence-electron chi connectivity index (χ3n) is 6.28. The van der Waals surface area contributed by atoms with Crippen molar-refractivity contribution in [2.24, 2.45) is 23.0 Å². The summed E-state index contributed by atoms with van der Waals surface area (Å²) in [6.45, 7) is 1.47. The number of primary amides is 1. The standard InChI is InChI=1S/C20H19NO6/c1-20-10(7-12(23)15(18(20)26)19(21)27)6-9-5-8-3-2-4-11(22)13(8)16(24)14(9)17(20)25/h2-4,9-10,22-23,25H,5-7H2,1H3,(H2,21,27). The molecule has 3 atom stereocenters. The van der Waals surface area contributed by atoms with Crippen molar-refractivity contribution in [1.82, 2.24) is 0 Å². The fourth-order valence-corrected chi connectivity index (χ4v) is 4.82. The Labute approximate surface area is 154 Å². The molecule has 0 heterocycles. The van der Waals surface area contributed by atoms with Gasteiger partial charge in [0.2, 0.25) is 0 Å². The van der Waals surface area contributed by atoms with Crippen molar-refractivity contribution in [2.45, 2.75) is 26.2 Å². The number of fused-ring (bicyclic) bond motifs is 3. The fraction of sp³-hybridized carbons (Fsp3) is 0.350. The summed E-state index contributed by atoms with van der Waals surface area (Å²) in [5.41, 5.74) is 4.12. The number of carbonyl (C=O) groups is 3. The number of hydrogen-bond donors (Lipinski definition) is 4. The molecule has 0 fully saturated rings. The van der Waals surface area contributed by atoms with Gasteiger partial charge in [0.15, 0.2) is 11.6 Å². The number of phenolic OH excluding ortho intramolecular Hbond substituents is 1. The van der Waals surface area contributed by atoms with Crippen LogP contribution >= 0.6 is 0 Å². The number of hydrogen-bond acceptors (Lipinski definition) is 6. The van der Waals surface area contributed by atoms with E-state index in [-0.39, 0.29) is 40.7 Å². The van der Waals surface area contributed by atoms with E-state index in [1.54, 1.807) is 12.1 Å². The molecule has 3 aliphatic carbocycles. The highest BCUT2D eigenvalue weighted by Crippen LogP contribution is 2.55. The normalized spacial score (nSPS) is 30.0. The van der Waals surface area contributed by atoms with E-state index in [1.165, 1.54) is 13.0 Å². The van der Waals surface area contributed by atoms with E-state index in [4.69, 9.17) is 5.73 Å². The minimum Gasteiger partial charge on any atom is -0.511 e. The Hall–Kier alpha value is -3.09. The number of carbonyl (C=O) groups excluding carboxylic acids is 3. The predicted octanol–water partition coefficient (Wildman–Crippen LogP) is 1.86. The number of Topliss-reactive ketones (excluding diaryl/α,β-unsaturated/α-hetero) is 2. The number of amides is 1. The largest absolute Gasteiger partial charge is 0.511 e. The van der Waals surface area contributed by atoms with Crippen LogP contribution in [0.2, 0.25) is 0 Å². The molecule has 0 radical (unpaired) electrons. The van der Waals surface area contributed by atoms with Crippen LogP contribution in [0, 0.1) is 17.3 Å². The second-order valence-electron chi connectivity index (χ2n) is 7.66. The highest BCUT2D eigenvalue weighted by atomic mass is 16.3. The van der Waals surface area contributed by atoms with Gasteiger partial charge in [-0.15, -0.1) is 0 Å². The van der Waals surface area contributed by atoms with Crippen LogP contribution in [0.1, 0.15) is 35.7 Å². The Morgan fingerprint density at radius 1 is 1.19 bits per heavy atom. The highest BCUT2D eigenvalue weighted by Gasteiger charge is 2.57. The van der Waals surface area contributed by atoms with Gasteiger partial charge in [0.25, 0.3) is 5.91 Å². The molecule has 140 valence electrons. The molecule has 0 aromatic heterocycles. The lowest BCUT2D eigenvalue weighted by molar-refractivity contribution is -0.131. The smallest absolute Gasteiger partial charge is 0.255 e. The Morgan fingerprint density at radius 2 is 1.89 bits per heavy atom. The first-order valence-electron chi connectivity index (χ1n) is 8.73. The Bertz CT molecular complexity index is 988. The van der Waals surface area contributed by atoms with Crippen molar-refractivity contribution in [3.8, 4) is 5.75 Å². The predicted molar refractivity (Wildman–Crippen MR) is 94.0 cm³/mol. The molecule has 0 spiro atoms. The zero-order valence-corrected chi connectivity index (χ0v) is 14.7. The summed E-state index contributed by atoms with van der Waals surface area (Å²) in [6, 6.07) is 4.81. The first-order valence-corrected chi connectivity index (χ1v) is 8.73. The molecule has 27 heavy (non-hydrogen) atoms. The van der Waals surface area contributed by atoms with Crippen molar-refractivity contribution in [1.29, 1.82) is 0 Å². The van der Waals surface area contributed by atoms with Crippen LogP contribution in [-0.4, -0.2) is 32.8 Å². The molecule has 7 heteroatoms. The summed E-state index contributed by atoms with van der Waals surface area (Å²) < 4.78 is 0. The molecular weight excluding hydrogens is 350 g/mol. The molecule has 1 amide bonds. The van der Waals surface area contributed by atoms with Crippen LogP contribution in [-0.2, 0) is 16.0 Å². The van der Waals surface area contributed by atoms with Crippen molar-refractivity contribution in [3.05, 3.63) is 52.0 Å². The van der Waals surface area contributed by atoms with Gasteiger partial charge in [0.1, 0.15) is 22.8 Å². The third kappa shape index (κ3) is 2.11. The molecule has 7 nitrogen and oxygen atoms in total. The summed E-state index contributed by atoms with van der Waals surface area (Å²) in [4.78, 5) is 37.6. The van der Waals surface area contributed by atoms with E-state index in [2.05, 4.69) is 0 Å². The minimum absolute atomic E-state index is 0.0233. The van der Waals surface area contributed by atoms with Crippen LogP contribution in [0.25, 0.3) is 0 Å². The molecule has 4 rings (SSSR count). The third-order valence-corrected chi connectivity index (χ3v) is 6.28. The maximum Gasteiger partial charge on any atom is 0.255 e. The lowest BCUT2D eigenvalue weighted by Crippen LogP contribution is -2.50. The van der Waals surface area contributed by atoms with Crippen molar-refractivity contribution in [2.75, 3.05) is 0 Å². The molecule has 0 saturated carbocycles. The second kappa shape index (κ2) is 5.45. The summed E-state index contributed by atoms with van der Waals surface area (Å²) in [5, 5.41) is 31.3. The first-order chi connectivity index (χ1) is 12.7. The number of nitrogens with two attached hydrogens (primary N) is 1. The molecular formula is C20H19NO6. The number of phenols is 1. The van der Waals surface area contributed by atoms with Gasteiger partial charge in [-0.3, -0.25) is 14.4 Å². The Balaban J connectivity index is 1.91.